The van der Waals surface area contributed by atoms with Gasteiger partial charge in [-0.3, -0.25) is 0 Å². The average Bonchev–Trinajstić information content (AvgIpc) is 2.81. The number of aliphatic hydroxyl groups excluding tert-OH is 1. The number of hydrogen-bond donors (Lipinski definition) is 1. The predicted molar refractivity (Wildman–Crippen MR) is 132 cm³/mol. The molecular weight excluding hydrogens is 452 g/mol. The first-order valence-electron chi connectivity index (χ1n) is 11.2. The Kier molecular flexibility index (Phi) is 8.28. The number of benzene rings is 2. The maximum atomic E-state index is 11.5. The molecule has 0 bridgehead atoms. The monoisotopic (exact) mass is 484 g/mol. The second kappa shape index (κ2) is 11.0. The van der Waals surface area contributed by atoms with E-state index < -0.39 is 15.9 Å². The van der Waals surface area contributed by atoms with Gasteiger partial charge in [0.05, 0.1) is 11.8 Å². The molecule has 34 heavy (non-hydrogen) atoms. The Morgan fingerprint density at radius 3 is 2.03 bits per heavy atom. The minimum atomic E-state index is -3.20. The molecule has 1 N–H and O–H groups in total. The zero-order chi connectivity index (χ0) is 24.8. The quantitative estimate of drug-likeness (QED) is 0.438. The number of aromatic nitrogens is 2. The van der Waals surface area contributed by atoms with Crippen LogP contribution in [-0.2, 0) is 27.6 Å². The van der Waals surface area contributed by atoms with Gasteiger partial charge in [-0.1, -0.05) is 45.0 Å². The van der Waals surface area contributed by atoms with Crippen molar-refractivity contribution in [2.24, 2.45) is 0 Å². The number of sulfone groups is 1. The minimum absolute atomic E-state index is 0.196. The Hall–Kier alpha value is -2.97. The van der Waals surface area contributed by atoms with Gasteiger partial charge in [-0.15, -0.1) is 0 Å². The average molecular weight is 485 g/mol. The molecule has 3 rings (SSSR count). The smallest absolute Gasteiger partial charge is 0.154 e. The summed E-state index contributed by atoms with van der Waals surface area (Å²) in [6.45, 7) is 6.74. The van der Waals surface area contributed by atoms with Crippen LogP contribution in [0, 0.1) is 0 Å². The Morgan fingerprint density at radius 1 is 0.941 bits per heavy atom. The highest BCUT2D eigenvalue weighted by Crippen LogP contribution is 2.33. The van der Waals surface area contributed by atoms with E-state index in [1.54, 1.807) is 12.3 Å². The van der Waals surface area contributed by atoms with Crippen molar-refractivity contribution in [3.8, 4) is 11.5 Å². The Labute approximate surface area is 201 Å². The Bertz CT molecular complexity index is 1180. The molecule has 1 aromatic heterocycles. The number of aliphatic hydroxyl groups is 1. The summed E-state index contributed by atoms with van der Waals surface area (Å²) in [7, 11) is -3.20. The lowest BCUT2D eigenvalue weighted by Crippen LogP contribution is -2.19. The molecule has 8 heteroatoms. The summed E-state index contributed by atoms with van der Waals surface area (Å²) in [5.41, 5.74) is 2.66. The van der Waals surface area contributed by atoms with Crippen molar-refractivity contribution in [1.29, 1.82) is 0 Å². The summed E-state index contributed by atoms with van der Waals surface area (Å²) in [4.78, 5) is 8.27. The standard InChI is InChI=1S/C26H32N2O5S/c1-5-22(29)17-33-24-12-8-20(9-13-24)26(2,3)19-6-10-23(11-7-19)32-16-21-14-15-27-25(28-21)18-34(4,30)31/h6-15,22,29H,5,16-18H2,1-4H3. The molecule has 0 aliphatic heterocycles. The van der Waals surface area contributed by atoms with Crippen molar-refractivity contribution in [3.05, 3.63) is 83.4 Å². The van der Waals surface area contributed by atoms with Gasteiger partial charge in [0.25, 0.3) is 0 Å². The van der Waals surface area contributed by atoms with E-state index >= 15 is 0 Å². The van der Waals surface area contributed by atoms with Crippen LogP contribution in [-0.4, -0.2) is 42.5 Å². The van der Waals surface area contributed by atoms with Gasteiger partial charge in [0.15, 0.2) is 9.84 Å². The molecule has 0 fully saturated rings. The van der Waals surface area contributed by atoms with Gasteiger partial charge in [0.1, 0.15) is 36.3 Å². The van der Waals surface area contributed by atoms with E-state index in [1.807, 2.05) is 55.5 Å². The molecule has 1 heterocycles. The number of nitrogens with zero attached hydrogens (tertiary/aromatic N) is 2. The molecule has 0 radical (unpaired) electrons. The van der Waals surface area contributed by atoms with E-state index in [0.29, 0.717) is 17.9 Å². The first kappa shape index (κ1) is 25.6. The van der Waals surface area contributed by atoms with Gasteiger partial charge >= 0.3 is 0 Å². The lowest BCUT2D eigenvalue weighted by atomic mass is 9.78. The Morgan fingerprint density at radius 2 is 1.50 bits per heavy atom. The molecule has 0 saturated carbocycles. The second-order valence-corrected chi connectivity index (χ2v) is 11.0. The molecule has 182 valence electrons. The number of rotatable bonds is 11. The van der Waals surface area contributed by atoms with Crippen LogP contribution in [0.3, 0.4) is 0 Å². The molecule has 0 saturated heterocycles. The Balaban J connectivity index is 1.62. The minimum Gasteiger partial charge on any atom is -0.491 e. The third-order valence-electron chi connectivity index (χ3n) is 5.61. The molecule has 0 spiro atoms. The van der Waals surface area contributed by atoms with Crippen LogP contribution in [0.5, 0.6) is 11.5 Å². The molecular formula is C26H32N2O5S. The van der Waals surface area contributed by atoms with Crippen LogP contribution < -0.4 is 9.47 Å². The van der Waals surface area contributed by atoms with Crippen molar-refractivity contribution >= 4 is 9.84 Å². The molecule has 0 amide bonds. The van der Waals surface area contributed by atoms with Gasteiger partial charge < -0.3 is 14.6 Å². The van der Waals surface area contributed by atoms with E-state index in [9.17, 15) is 13.5 Å². The summed E-state index contributed by atoms with van der Waals surface area (Å²) in [6, 6.07) is 17.5. The molecule has 7 nitrogen and oxygen atoms in total. The predicted octanol–water partition coefficient (Wildman–Crippen LogP) is 4.08. The van der Waals surface area contributed by atoms with Crippen LogP contribution in [0.15, 0.2) is 60.8 Å². The van der Waals surface area contributed by atoms with Gasteiger partial charge in [-0.25, -0.2) is 18.4 Å². The normalized spacial score (nSPS) is 12.9. The molecule has 1 unspecified atom stereocenters. The maximum Gasteiger partial charge on any atom is 0.154 e. The third kappa shape index (κ3) is 7.27. The summed E-state index contributed by atoms with van der Waals surface area (Å²) < 4.78 is 34.4. The highest BCUT2D eigenvalue weighted by molar-refractivity contribution is 7.89. The van der Waals surface area contributed by atoms with Gasteiger partial charge in [0.2, 0.25) is 0 Å². The fraction of sp³-hybridized carbons (Fsp3) is 0.385. The molecule has 0 aliphatic rings. The van der Waals surface area contributed by atoms with Crippen LogP contribution in [0.4, 0.5) is 0 Å². The van der Waals surface area contributed by atoms with Crippen molar-refractivity contribution in [3.63, 3.8) is 0 Å². The number of hydrogen-bond acceptors (Lipinski definition) is 7. The van der Waals surface area contributed by atoms with Gasteiger partial charge in [-0.05, 0) is 47.9 Å². The largest absolute Gasteiger partial charge is 0.491 e. The first-order valence-corrected chi connectivity index (χ1v) is 13.3. The summed E-state index contributed by atoms with van der Waals surface area (Å²) in [5, 5.41) is 9.67. The molecule has 0 aliphatic carbocycles. The van der Waals surface area contributed by atoms with E-state index in [1.165, 1.54) is 0 Å². The topological polar surface area (TPSA) is 98.6 Å². The van der Waals surface area contributed by atoms with Gasteiger partial charge in [0, 0.05) is 17.9 Å². The molecule has 3 aromatic rings. The van der Waals surface area contributed by atoms with Crippen LogP contribution in [0.1, 0.15) is 49.8 Å². The van der Waals surface area contributed by atoms with Crippen LogP contribution in [0.2, 0.25) is 0 Å². The van der Waals surface area contributed by atoms with Crippen molar-refractivity contribution in [1.82, 2.24) is 9.97 Å². The van der Waals surface area contributed by atoms with Crippen LogP contribution >= 0.6 is 0 Å². The lowest BCUT2D eigenvalue weighted by molar-refractivity contribution is 0.104. The number of ether oxygens (including phenoxy) is 2. The first-order chi connectivity index (χ1) is 16.1. The van der Waals surface area contributed by atoms with Gasteiger partial charge in [-0.2, -0.15) is 0 Å². The molecule has 2 aromatic carbocycles. The van der Waals surface area contributed by atoms with Crippen molar-refractivity contribution in [2.45, 2.75) is 51.1 Å². The third-order valence-corrected chi connectivity index (χ3v) is 6.39. The fourth-order valence-corrected chi connectivity index (χ4v) is 4.00. The van der Waals surface area contributed by atoms with Crippen molar-refractivity contribution < 1.29 is 23.0 Å². The SMILES string of the molecule is CCC(O)COc1ccc(C(C)(C)c2ccc(OCc3ccnc(CS(C)(=O)=O)n3)cc2)cc1. The van der Waals surface area contributed by atoms with Crippen LogP contribution in [0.25, 0.3) is 0 Å². The van der Waals surface area contributed by atoms with E-state index in [0.717, 1.165) is 23.1 Å². The summed E-state index contributed by atoms with van der Waals surface area (Å²) >= 11 is 0. The zero-order valence-corrected chi connectivity index (χ0v) is 20.9. The lowest BCUT2D eigenvalue weighted by Gasteiger charge is -2.26. The van der Waals surface area contributed by atoms with E-state index in [4.69, 9.17) is 9.47 Å². The summed E-state index contributed by atoms with van der Waals surface area (Å²) in [6.07, 6.45) is 2.90. The zero-order valence-electron chi connectivity index (χ0n) is 20.1. The highest BCUT2D eigenvalue weighted by atomic mass is 32.2. The fourth-order valence-electron chi connectivity index (χ4n) is 3.40. The van der Waals surface area contributed by atoms with E-state index in [-0.39, 0.29) is 30.2 Å². The maximum absolute atomic E-state index is 11.5. The molecule has 1 atom stereocenters. The highest BCUT2D eigenvalue weighted by Gasteiger charge is 2.23. The van der Waals surface area contributed by atoms with Crippen molar-refractivity contribution in [2.75, 3.05) is 12.9 Å². The van der Waals surface area contributed by atoms with E-state index in [2.05, 4.69) is 23.8 Å². The second-order valence-electron chi connectivity index (χ2n) is 8.87. The summed E-state index contributed by atoms with van der Waals surface area (Å²) in [5.74, 6) is 1.50.